The van der Waals surface area contributed by atoms with E-state index < -0.39 is 0 Å². The second-order valence-electron chi connectivity index (χ2n) is 7.64. The number of nitrogens with zero attached hydrogens (tertiary/aromatic N) is 3. The first-order valence-corrected chi connectivity index (χ1v) is 9.32. The zero-order valence-electron chi connectivity index (χ0n) is 15.8. The summed E-state index contributed by atoms with van der Waals surface area (Å²) in [5.41, 5.74) is 4.42. The Morgan fingerprint density at radius 2 is 1.92 bits per heavy atom. The summed E-state index contributed by atoms with van der Waals surface area (Å²) in [5, 5.41) is 4.65. The molecule has 0 saturated heterocycles. The van der Waals surface area contributed by atoms with Crippen molar-refractivity contribution in [3.05, 3.63) is 52.8 Å². The highest BCUT2D eigenvalue weighted by Crippen LogP contribution is 2.29. The van der Waals surface area contributed by atoms with Crippen molar-refractivity contribution in [2.75, 3.05) is 0 Å². The van der Waals surface area contributed by atoms with E-state index in [9.17, 15) is 4.79 Å². The number of carbonyl (C=O) groups is 1. The minimum Gasteiger partial charge on any atom is -0.335 e. The molecule has 134 valence electrons. The van der Waals surface area contributed by atoms with E-state index in [-0.39, 0.29) is 5.91 Å². The van der Waals surface area contributed by atoms with E-state index in [1.165, 1.54) is 5.56 Å². The molecule has 2 aromatic rings. The standard InChI is InChI=1S/C21H29N3O/c1-15(2)13-24-17(4)20(16(3)22-24)12-21(25)23(19-10-11-19)14-18-8-6-5-7-9-18/h5-9,15,19H,10-14H2,1-4H3. The molecule has 0 N–H and O–H groups in total. The Morgan fingerprint density at radius 3 is 2.52 bits per heavy atom. The lowest BCUT2D eigenvalue weighted by molar-refractivity contribution is -0.131. The molecule has 4 heteroatoms. The van der Waals surface area contributed by atoms with Crippen LogP contribution in [0.3, 0.4) is 0 Å². The van der Waals surface area contributed by atoms with Crippen molar-refractivity contribution in [2.45, 2.75) is 66.1 Å². The van der Waals surface area contributed by atoms with E-state index in [2.05, 4.69) is 47.6 Å². The Labute approximate surface area is 150 Å². The predicted octanol–water partition coefficient (Wildman–Crippen LogP) is 3.89. The Balaban J connectivity index is 1.75. The third-order valence-electron chi connectivity index (χ3n) is 4.90. The van der Waals surface area contributed by atoms with Gasteiger partial charge in [-0.05, 0) is 38.2 Å². The van der Waals surface area contributed by atoms with Crippen LogP contribution in [0.15, 0.2) is 30.3 Å². The minimum absolute atomic E-state index is 0.224. The first kappa shape index (κ1) is 17.7. The zero-order chi connectivity index (χ0) is 18.0. The Morgan fingerprint density at radius 1 is 1.24 bits per heavy atom. The molecule has 3 rings (SSSR count). The molecular weight excluding hydrogens is 310 g/mol. The second-order valence-corrected chi connectivity index (χ2v) is 7.64. The topological polar surface area (TPSA) is 38.1 Å². The molecule has 4 nitrogen and oxygen atoms in total. The van der Waals surface area contributed by atoms with Crippen LogP contribution in [-0.2, 0) is 24.3 Å². The SMILES string of the molecule is Cc1nn(CC(C)C)c(C)c1CC(=O)N(Cc1ccccc1)C1CC1. The van der Waals surface area contributed by atoms with Crippen LogP contribution in [0.4, 0.5) is 0 Å². The summed E-state index contributed by atoms with van der Waals surface area (Å²) in [6.45, 7) is 10.1. The van der Waals surface area contributed by atoms with E-state index in [1.54, 1.807) is 0 Å². The van der Waals surface area contributed by atoms with Gasteiger partial charge in [-0.3, -0.25) is 9.48 Å². The molecule has 0 spiro atoms. The lowest BCUT2D eigenvalue weighted by atomic mass is 10.1. The summed E-state index contributed by atoms with van der Waals surface area (Å²) in [7, 11) is 0. The number of benzene rings is 1. The van der Waals surface area contributed by atoms with Gasteiger partial charge in [0.2, 0.25) is 5.91 Å². The molecule has 1 heterocycles. The number of rotatable bonds is 7. The van der Waals surface area contributed by atoms with Crippen LogP contribution in [0.2, 0.25) is 0 Å². The quantitative estimate of drug-likeness (QED) is 0.767. The maximum absolute atomic E-state index is 13.0. The summed E-state index contributed by atoms with van der Waals surface area (Å²) in [5.74, 6) is 0.768. The summed E-state index contributed by atoms with van der Waals surface area (Å²) in [6, 6.07) is 10.7. The largest absolute Gasteiger partial charge is 0.335 e. The molecule has 1 amide bonds. The van der Waals surface area contributed by atoms with E-state index in [0.717, 1.165) is 36.3 Å². The fourth-order valence-electron chi connectivity index (χ4n) is 3.35. The van der Waals surface area contributed by atoms with Gasteiger partial charge in [0.25, 0.3) is 0 Å². The molecule has 1 aliphatic rings. The first-order chi connectivity index (χ1) is 12.0. The third kappa shape index (κ3) is 4.30. The number of amides is 1. The van der Waals surface area contributed by atoms with Crippen LogP contribution in [0.25, 0.3) is 0 Å². The Bertz CT molecular complexity index is 729. The van der Waals surface area contributed by atoms with Crippen LogP contribution < -0.4 is 0 Å². The van der Waals surface area contributed by atoms with Crippen LogP contribution in [-0.4, -0.2) is 26.6 Å². The number of carbonyl (C=O) groups excluding carboxylic acids is 1. The average Bonchev–Trinajstić information content (AvgIpc) is 3.37. The van der Waals surface area contributed by atoms with Gasteiger partial charge in [0.15, 0.2) is 0 Å². The molecule has 1 aromatic heterocycles. The molecule has 1 fully saturated rings. The summed E-state index contributed by atoms with van der Waals surface area (Å²) >= 11 is 0. The van der Waals surface area contributed by atoms with Crippen molar-refractivity contribution < 1.29 is 4.79 Å². The molecule has 1 aromatic carbocycles. The van der Waals surface area contributed by atoms with Crippen molar-refractivity contribution in [1.82, 2.24) is 14.7 Å². The normalized spacial score (nSPS) is 14.1. The lowest BCUT2D eigenvalue weighted by Crippen LogP contribution is -2.34. The van der Waals surface area contributed by atoms with Crippen LogP contribution in [0, 0.1) is 19.8 Å². The third-order valence-corrected chi connectivity index (χ3v) is 4.90. The molecule has 0 atom stereocenters. The molecular formula is C21H29N3O. The monoisotopic (exact) mass is 339 g/mol. The highest BCUT2D eigenvalue weighted by molar-refractivity contribution is 5.80. The minimum atomic E-state index is 0.224. The van der Waals surface area contributed by atoms with Crippen molar-refractivity contribution >= 4 is 5.91 Å². The molecule has 1 saturated carbocycles. The number of aryl methyl sites for hydroxylation is 1. The van der Waals surface area contributed by atoms with Gasteiger partial charge in [-0.2, -0.15) is 5.10 Å². The second kappa shape index (κ2) is 7.42. The van der Waals surface area contributed by atoms with E-state index in [4.69, 9.17) is 0 Å². The maximum atomic E-state index is 13.0. The fraction of sp³-hybridized carbons (Fsp3) is 0.524. The molecule has 0 bridgehead atoms. The van der Waals surface area contributed by atoms with Gasteiger partial charge in [0.1, 0.15) is 0 Å². The number of hydrogen-bond donors (Lipinski definition) is 0. The van der Waals surface area contributed by atoms with Gasteiger partial charge >= 0.3 is 0 Å². The van der Waals surface area contributed by atoms with Gasteiger partial charge in [-0.15, -0.1) is 0 Å². The summed E-state index contributed by atoms with van der Waals surface area (Å²) < 4.78 is 2.06. The molecule has 0 radical (unpaired) electrons. The molecule has 1 aliphatic carbocycles. The molecule has 25 heavy (non-hydrogen) atoms. The van der Waals surface area contributed by atoms with Crippen LogP contribution >= 0.6 is 0 Å². The number of aromatic nitrogens is 2. The van der Waals surface area contributed by atoms with Crippen molar-refractivity contribution in [3.63, 3.8) is 0 Å². The maximum Gasteiger partial charge on any atom is 0.227 e. The van der Waals surface area contributed by atoms with Gasteiger partial charge in [-0.1, -0.05) is 44.2 Å². The molecule has 0 unspecified atom stereocenters. The van der Waals surface area contributed by atoms with E-state index >= 15 is 0 Å². The first-order valence-electron chi connectivity index (χ1n) is 9.32. The van der Waals surface area contributed by atoms with E-state index in [0.29, 0.717) is 24.9 Å². The fourth-order valence-corrected chi connectivity index (χ4v) is 3.35. The number of hydrogen-bond acceptors (Lipinski definition) is 2. The summed E-state index contributed by atoms with van der Waals surface area (Å²) in [6.07, 6.45) is 2.71. The van der Waals surface area contributed by atoms with Gasteiger partial charge in [0, 0.05) is 30.4 Å². The highest BCUT2D eigenvalue weighted by atomic mass is 16.2. The molecule has 0 aliphatic heterocycles. The zero-order valence-corrected chi connectivity index (χ0v) is 15.8. The van der Waals surface area contributed by atoms with Crippen molar-refractivity contribution in [1.29, 1.82) is 0 Å². The van der Waals surface area contributed by atoms with Gasteiger partial charge in [0.05, 0.1) is 12.1 Å². The lowest BCUT2D eigenvalue weighted by Gasteiger charge is -2.23. The van der Waals surface area contributed by atoms with Gasteiger partial charge < -0.3 is 4.90 Å². The average molecular weight is 339 g/mol. The smallest absolute Gasteiger partial charge is 0.227 e. The predicted molar refractivity (Wildman–Crippen MR) is 100 cm³/mol. The highest BCUT2D eigenvalue weighted by Gasteiger charge is 2.33. The van der Waals surface area contributed by atoms with Gasteiger partial charge in [-0.25, -0.2) is 0 Å². The van der Waals surface area contributed by atoms with E-state index in [1.807, 2.05) is 25.1 Å². The Kier molecular flexibility index (Phi) is 5.26. The van der Waals surface area contributed by atoms with Crippen LogP contribution in [0.5, 0.6) is 0 Å². The van der Waals surface area contributed by atoms with Crippen molar-refractivity contribution in [2.24, 2.45) is 5.92 Å². The Hall–Kier alpha value is -2.10. The summed E-state index contributed by atoms with van der Waals surface area (Å²) in [4.78, 5) is 15.1. The van der Waals surface area contributed by atoms with Crippen molar-refractivity contribution in [3.8, 4) is 0 Å². The van der Waals surface area contributed by atoms with Crippen LogP contribution in [0.1, 0.15) is 49.2 Å².